The molecule has 0 fully saturated rings. The summed E-state index contributed by atoms with van der Waals surface area (Å²) in [7, 11) is 1.26. The molecule has 8 nitrogen and oxygen atoms in total. The normalized spacial score (nSPS) is 10.5. The maximum atomic E-state index is 12.6. The summed E-state index contributed by atoms with van der Waals surface area (Å²) in [6.07, 6.45) is 1.46. The highest BCUT2D eigenvalue weighted by Crippen LogP contribution is 2.20. The van der Waals surface area contributed by atoms with Gasteiger partial charge in [0.2, 0.25) is 0 Å². The molecule has 132 valence electrons. The van der Waals surface area contributed by atoms with Gasteiger partial charge in [-0.2, -0.15) is 0 Å². The molecule has 0 unspecified atom stereocenters. The monoisotopic (exact) mass is 353 g/mol. The molecular weight excluding hydrogens is 338 g/mol. The number of carboxylic acid groups (broad SMARTS) is 1. The highest BCUT2D eigenvalue weighted by Gasteiger charge is 2.20. The Kier molecular flexibility index (Phi) is 4.40. The van der Waals surface area contributed by atoms with E-state index >= 15 is 0 Å². The molecule has 0 spiro atoms. The number of methoxy groups -OCH3 is 1. The lowest BCUT2D eigenvalue weighted by molar-refractivity contribution is 0.0599. The second-order valence-corrected chi connectivity index (χ2v) is 5.53. The zero-order valence-corrected chi connectivity index (χ0v) is 14.0. The van der Waals surface area contributed by atoms with E-state index in [4.69, 9.17) is 0 Å². The van der Waals surface area contributed by atoms with Gasteiger partial charge in [0.1, 0.15) is 5.65 Å². The number of rotatable bonds is 4. The summed E-state index contributed by atoms with van der Waals surface area (Å²) < 4.78 is 5.86. The Morgan fingerprint density at radius 1 is 1.23 bits per heavy atom. The van der Waals surface area contributed by atoms with Crippen LogP contribution in [0.5, 0.6) is 0 Å². The summed E-state index contributed by atoms with van der Waals surface area (Å²) >= 11 is 0. The molecule has 2 heterocycles. The van der Waals surface area contributed by atoms with Crippen LogP contribution in [0.1, 0.15) is 26.3 Å². The van der Waals surface area contributed by atoms with Gasteiger partial charge in [-0.05, 0) is 36.8 Å². The number of aryl methyl sites for hydroxylation is 1. The van der Waals surface area contributed by atoms with Crippen molar-refractivity contribution in [1.29, 1.82) is 0 Å². The van der Waals surface area contributed by atoms with Gasteiger partial charge >= 0.3 is 11.9 Å². The first-order valence-corrected chi connectivity index (χ1v) is 7.63. The molecule has 0 radical (unpaired) electrons. The molecule has 0 saturated heterocycles. The Hall–Kier alpha value is -3.68. The first-order chi connectivity index (χ1) is 12.4. The number of ether oxygens (including phenoxy) is 1. The summed E-state index contributed by atoms with van der Waals surface area (Å²) in [6, 6.07) is 9.68. The van der Waals surface area contributed by atoms with E-state index in [1.54, 1.807) is 37.3 Å². The first kappa shape index (κ1) is 17.2. The molecule has 2 aromatic heterocycles. The summed E-state index contributed by atoms with van der Waals surface area (Å²) in [5.74, 6) is -2.03. The van der Waals surface area contributed by atoms with Gasteiger partial charge in [0.25, 0.3) is 5.56 Å². The Morgan fingerprint density at radius 3 is 2.69 bits per heavy atom. The van der Waals surface area contributed by atoms with Gasteiger partial charge in [0, 0.05) is 11.9 Å². The Bertz CT molecular complexity index is 1090. The number of carbonyl (C=O) groups excluding carboxylic acids is 1. The number of carboxylic acids is 1. The number of benzene rings is 1. The fourth-order valence-electron chi connectivity index (χ4n) is 2.56. The third-order valence-corrected chi connectivity index (χ3v) is 3.81. The molecule has 0 bridgehead atoms. The molecule has 3 rings (SSSR count). The number of carbonyl (C=O) groups is 2. The van der Waals surface area contributed by atoms with E-state index in [1.165, 1.54) is 23.8 Å². The Labute approximate surface area is 147 Å². The molecule has 8 heteroatoms. The van der Waals surface area contributed by atoms with Crippen molar-refractivity contribution < 1.29 is 19.4 Å². The Morgan fingerprint density at radius 2 is 2.00 bits per heavy atom. The number of aromatic nitrogens is 2. The zero-order chi connectivity index (χ0) is 18.8. The van der Waals surface area contributed by atoms with Gasteiger partial charge in [0.15, 0.2) is 11.4 Å². The highest BCUT2D eigenvalue weighted by molar-refractivity contribution is 5.95. The molecule has 0 atom stereocenters. The van der Waals surface area contributed by atoms with Crippen LogP contribution in [-0.4, -0.2) is 33.5 Å². The number of nitrogens with one attached hydrogen (secondary N) is 1. The summed E-state index contributed by atoms with van der Waals surface area (Å²) in [5.41, 5.74) is 0.555. The van der Waals surface area contributed by atoms with E-state index in [9.17, 15) is 19.5 Å². The standard InChI is InChI=1S/C18H15N3O5/c1-10-5-4-8-21-15(10)20-14(13(16(21)22)17(23)24)19-12-7-3-6-11(9-12)18(25)26-2/h3-9,19H,1-2H3,(H,23,24). The van der Waals surface area contributed by atoms with Crippen LogP contribution in [0.2, 0.25) is 0 Å². The van der Waals surface area contributed by atoms with Crippen LogP contribution in [-0.2, 0) is 4.74 Å². The van der Waals surface area contributed by atoms with Crippen LogP contribution in [0.3, 0.4) is 0 Å². The third-order valence-electron chi connectivity index (χ3n) is 3.81. The predicted octanol–water partition coefficient (Wildman–Crippen LogP) is 2.23. The summed E-state index contributed by atoms with van der Waals surface area (Å²) in [4.78, 5) is 40.2. The zero-order valence-electron chi connectivity index (χ0n) is 14.0. The van der Waals surface area contributed by atoms with E-state index in [0.717, 1.165) is 0 Å². The third kappa shape index (κ3) is 3.00. The van der Waals surface area contributed by atoms with Gasteiger partial charge in [-0.15, -0.1) is 0 Å². The lowest BCUT2D eigenvalue weighted by Crippen LogP contribution is -2.25. The number of fused-ring (bicyclic) bond motifs is 1. The molecule has 3 aromatic rings. The number of hydrogen-bond acceptors (Lipinski definition) is 6. The molecular formula is C18H15N3O5. The minimum Gasteiger partial charge on any atom is -0.477 e. The van der Waals surface area contributed by atoms with Gasteiger partial charge < -0.3 is 15.2 Å². The molecule has 26 heavy (non-hydrogen) atoms. The number of anilines is 2. The van der Waals surface area contributed by atoms with E-state index in [0.29, 0.717) is 16.9 Å². The topological polar surface area (TPSA) is 110 Å². The van der Waals surface area contributed by atoms with E-state index < -0.39 is 23.1 Å². The quantitative estimate of drug-likeness (QED) is 0.692. The minimum absolute atomic E-state index is 0.0983. The van der Waals surface area contributed by atoms with Crippen molar-refractivity contribution in [3.63, 3.8) is 0 Å². The van der Waals surface area contributed by atoms with Crippen molar-refractivity contribution in [3.8, 4) is 0 Å². The van der Waals surface area contributed by atoms with Crippen molar-refractivity contribution in [3.05, 3.63) is 69.6 Å². The molecule has 0 aliphatic rings. The van der Waals surface area contributed by atoms with Crippen molar-refractivity contribution >= 4 is 29.1 Å². The largest absolute Gasteiger partial charge is 0.477 e. The van der Waals surface area contributed by atoms with Crippen LogP contribution < -0.4 is 10.9 Å². The van der Waals surface area contributed by atoms with E-state index in [1.807, 2.05) is 0 Å². The van der Waals surface area contributed by atoms with Gasteiger partial charge in [-0.3, -0.25) is 9.20 Å². The molecule has 2 N–H and O–H groups in total. The fraction of sp³-hybridized carbons (Fsp3) is 0.111. The van der Waals surface area contributed by atoms with Crippen molar-refractivity contribution in [2.45, 2.75) is 6.92 Å². The molecule has 0 aliphatic heterocycles. The smallest absolute Gasteiger partial charge is 0.345 e. The lowest BCUT2D eigenvalue weighted by atomic mass is 10.2. The van der Waals surface area contributed by atoms with Gasteiger partial charge in [-0.1, -0.05) is 12.1 Å². The molecule has 1 aromatic carbocycles. The van der Waals surface area contributed by atoms with Crippen LogP contribution in [0.15, 0.2) is 47.4 Å². The van der Waals surface area contributed by atoms with Gasteiger partial charge in [-0.25, -0.2) is 14.6 Å². The molecule has 0 aliphatic carbocycles. The second-order valence-electron chi connectivity index (χ2n) is 5.53. The molecule has 0 saturated carbocycles. The van der Waals surface area contributed by atoms with Gasteiger partial charge in [0.05, 0.1) is 12.7 Å². The average Bonchev–Trinajstić information content (AvgIpc) is 2.62. The minimum atomic E-state index is -1.40. The van der Waals surface area contributed by atoms with Crippen molar-refractivity contribution in [2.24, 2.45) is 0 Å². The van der Waals surface area contributed by atoms with Crippen molar-refractivity contribution in [1.82, 2.24) is 9.38 Å². The van der Waals surface area contributed by atoms with E-state index in [2.05, 4.69) is 15.0 Å². The highest BCUT2D eigenvalue weighted by atomic mass is 16.5. The summed E-state index contributed by atoms with van der Waals surface area (Å²) in [6.45, 7) is 1.77. The van der Waals surface area contributed by atoms with Crippen molar-refractivity contribution in [2.75, 3.05) is 12.4 Å². The number of pyridine rings is 1. The SMILES string of the molecule is COC(=O)c1cccc(Nc2nc3c(C)cccn3c(=O)c2C(=O)O)c1. The Balaban J connectivity index is 2.17. The average molecular weight is 353 g/mol. The first-order valence-electron chi connectivity index (χ1n) is 7.63. The molecule has 0 amide bonds. The maximum Gasteiger partial charge on any atom is 0.345 e. The fourth-order valence-corrected chi connectivity index (χ4v) is 2.56. The number of aromatic carboxylic acids is 1. The van der Waals surface area contributed by atoms with Crippen LogP contribution >= 0.6 is 0 Å². The summed E-state index contributed by atoms with van der Waals surface area (Å²) in [5, 5.41) is 12.3. The maximum absolute atomic E-state index is 12.6. The van der Waals surface area contributed by atoms with E-state index in [-0.39, 0.29) is 11.4 Å². The predicted molar refractivity (Wildman–Crippen MR) is 94.2 cm³/mol. The van der Waals surface area contributed by atoms with Crippen LogP contribution in [0.25, 0.3) is 5.65 Å². The second kappa shape index (κ2) is 6.67. The number of nitrogens with zero attached hydrogens (tertiary/aromatic N) is 2. The van der Waals surface area contributed by atoms with Crippen LogP contribution in [0, 0.1) is 6.92 Å². The number of esters is 1. The lowest BCUT2D eigenvalue weighted by Gasteiger charge is -2.12. The van der Waals surface area contributed by atoms with Crippen LogP contribution in [0.4, 0.5) is 11.5 Å². The number of hydrogen-bond donors (Lipinski definition) is 2.